The Kier molecular flexibility index (Phi) is 4.53. The van der Waals surface area contributed by atoms with Crippen LogP contribution in [-0.2, 0) is 0 Å². The fraction of sp³-hybridized carbons (Fsp3) is 0.312. The van der Waals surface area contributed by atoms with E-state index in [9.17, 15) is 0 Å². The summed E-state index contributed by atoms with van der Waals surface area (Å²) in [7, 11) is 1.68. The molecular formula is C16H20N2O. The summed E-state index contributed by atoms with van der Waals surface area (Å²) in [6, 6.07) is 12.8. The average Bonchev–Trinajstić information content (AvgIpc) is 2.48. The van der Waals surface area contributed by atoms with Crippen LogP contribution in [0.1, 0.15) is 37.1 Å². The van der Waals surface area contributed by atoms with Crippen LogP contribution in [0.4, 0.5) is 0 Å². The number of nitrogens with zero attached hydrogens (tertiary/aromatic N) is 1. The summed E-state index contributed by atoms with van der Waals surface area (Å²) >= 11 is 0. The van der Waals surface area contributed by atoms with Crippen molar-refractivity contribution in [2.24, 2.45) is 0 Å². The first-order valence-electron chi connectivity index (χ1n) is 6.50. The van der Waals surface area contributed by atoms with Gasteiger partial charge in [-0.25, -0.2) is 0 Å². The van der Waals surface area contributed by atoms with Crippen molar-refractivity contribution in [3.8, 4) is 5.75 Å². The Morgan fingerprint density at radius 1 is 1.00 bits per heavy atom. The zero-order valence-corrected chi connectivity index (χ0v) is 11.6. The van der Waals surface area contributed by atoms with Crippen molar-refractivity contribution < 1.29 is 4.74 Å². The number of pyridine rings is 1. The van der Waals surface area contributed by atoms with E-state index >= 15 is 0 Å². The third-order valence-corrected chi connectivity index (χ3v) is 3.30. The van der Waals surface area contributed by atoms with Gasteiger partial charge in [-0.15, -0.1) is 0 Å². The van der Waals surface area contributed by atoms with Gasteiger partial charge in [0.1, 0.15) is 5.75 Å². The molecule has 0 spiro atoms. The van der Waals surface area contributed by atoms with Crippen LogP contribution in [0.3, 0.4) is 0 Å². The SMILES string of the molecule is COc1ccc(C(C)N[C@@H](C)c2cccnc2)cc1. The number of nitrogens with one attached hydrogen (secondary N) is 1. The molecule has 0 saturated heterocycles. The quantitative estimate of drug-likeness (QED) is 0.889. The number of benzene rings is 1. The van der Waals surface area contributed by atoms with Gasteiger partial charge in [0.15, 0.2) is 0 Å². The first kappa shape index (κ1) is 13.6. The number of hydrogen-bond donors (Lipinski definition) is 1. The zero-order valence-electron chi connectivity index (χ0n) is 11.6. The molecule has 2 rings (SSSR count). The summed E-state index contributed by atoms with van der Waals surface area (Å²) in [6.07, 6.45) is 3.70. The standard InChI is InChI=1S/C16H20N2O/c1-12(14-6-8-16(19-3)9-7-14)18-13(2)15-5-4-10-17-11-15/h4-13,18H,1-3H3/t12?,13-/m0/s1. The topological polar surface area (TPSA) is 34.1 Å². The zero-order chi connectivity index (χ0) is 13.7. The van der Waals surface area contributed by atoms with Crippen LogP contribution in [-0.4, -0.2) is 12.1 Å². The lowest BCUT2D eigenvalue weighted by Crippen LogP contribution is -2.22. The van der Waals surface area contributed by atoms with Crippen LogP contribution in [0.15, 0.2) is 48.8 Å². The van der Waals surface area contributed by atoms with Crippen LogP contribution in [0.2, 0.25) is 0 Å². The summed E-state index contributed by atoms with van der Waals surface area (Å²) in [6.45, 7) is 4.31. The predicted octanol–water partition coefficient (Wildman–Crippen LogP) is 3.50. The lowest BCUT2D eigenvalue weighted by molar-refractivity contribution is 0.414. The van der Waals surface area contributed by atoms with Crippen molar-refractivity contribution in [3.63, 3.8) is 0 Å². The van der Waals surface area contributed by atoms with E-state index in [2.05, 4.69) is 42.3 Å². The predicted molar refractivity (Wildman–Crippen MR) is 77.2 cm³/mol. The average molecular weight is 256 g/mol. The van der Waals surface area contributed by atoms with E-state index in [0.29, 0.717) is 0 Å². The molecule has 3 nitrogen and oxygen atoms in total. The number of hydrogen-bond acceptors (Lipinski definition) is 3. The lowest BCUT2D eigenvalue weighted by atomic mass is 10.1. The molecule has 0 fully saturated rings. The Hall–Kier alpha value is -1.87. The monoisotopic (exact) mass is 256 g/mol. The van der Waals surface area contributed by atoms with Gasteiger partial charge in [-0.3, -0.25) is 4.98 Å². The summed E-state index contributed by atoms with van der Waals surface area (Å²) in [4.78, 5) is 4.15. The van der Waals surface area contributed by atoms with Crippen molar-refractivity contribution >= 4 is 0 Å². The van der Waals surface area contributed by atoms with E-state index < -0.39 is 0 Å². The van der Waals surface area contributed by atoms with Crippen LogP contribution in [0.25, 0.3) is 0 Å². The third-order valence-electron chi connectivity index (χ3n) is 3.30. The highest BCUT2D eigenvalue weighted by atomic mass is 16.5. The highest BCUT2D eigenvalue weighted by Gasteiger charge is 2.11. The van der Waals surface area contributed by atoms with Crippen molar-refractivity contribution in [2.75, 3.05) is 7.11 Å². The maximum atomic E-state index is 5.17. The second kappa shape index (κ2) is 6.34. The first-order chi connectivity index (χ1) is 9.20. The molecule has 2 aromatic rings. The molecule has 0 aliphatic rings. The van der Waals surface area contributed by atoms with Crippen LogP contribution < -0.4 is 10.1 Å². The maximum Gasteiger partial charge on any atom is 0.118 e. The molecular weight excluding hydrogens is 236 g/mol. The van der Waals surface area contributed by atoms with Crippen molar-refractivity contribution in [1.29, 1.82) is 0 Å². The van der Waals surface area contributed by atoms with Crippen molar-refractivity contribution in [2.45, 2.75) is 25.9 Å². The molecule has 1 aromatic heterocycles. The minimum atomic E-state index is 0.269. The smallest absolute Gasteiger partial charge is 0.118 e. The summed E-state index contributed by atoms with van der Waals surface area (Å²) in [5.74, 6) is 0.885. The summed E-state index contributed by atoms with van der Waals surface area (Å²) < 4.78 is 5.17. The minimum Gasteiger partial charge on any atom is -0.497 e. The van der Waals surface area contributed by atoms with Crippen LogP contribution in [0, 0.1) is 0 Å². The van der Waals surface area contributed by atoms with Gasteiger partial charge in [-0.05, 0) is 43.2 Å². The van der Waals surface area contributed by atoms with E-state index in [1.807, 2.05) is 24.4 Å². The van der Waals surface area contributed by atoms with Crippen LogP contribution >= 0.6 is 0 Å². The Morgan fingerprint density at radius 2 is 1.68 bits per heavy atom. The van der Waals surface area contributed by atoms with E-state index in [-0.39, 0.29) is 12.1 Å². The Morgan fingerprint density at radius 3 is 2.26 bits per heavy atom. The highest BCUT2D eigenvalue weighted by molar-refractivity contribution is 5.29. The molecule has 0 saturated carbocycles. The van der Waals surface area contributed by atoms with E-state index in [4.69, 9.17) is 4.74 Å². The second-order valence-electron chi connectivity index (χ2n) is 4.67. The molecule has 1 N–H and O–H groups in total. The van der Waals surface area contributed by atoms with Gasteiger partial charge in [-0.2, -0.15) is 0 Å². The molecule has 100 valence electrons. The lowest BCUT2D eigenvalue weighted by Gasteiger charge is -2.20. The molecule has 1 heterocycles. The summed E-state index contributed by atoms with van der Waals surface area (Å²) in [5.41, 5.74) is 2.44. The Labute approximate surface area is 114 Å². The molecule has 0 bridgehead atoms. The molecule has 0 amide bonds. The van der Waals surface area contributed by atoms with Gasteiger partial charge in [0, 0.05) is 24.5 Å². The molecule has 0 aliphatic heterocycles. The highest BCUT2D eigenvalue weighted by Crippen LogP contribution is 2.20. The van der Waals surface area contributed by atoms with Gasteiger partial charge in [0.25, 0.3) is 0 Å². The van der Waals surface area contributed by atoms with E-state index in [1.54, 1.807) is 13.3 Å². The van der Waals surface area contributed by atoms with Crippen molar-refractivity contribution in [3.05, 3.63) is 59.9 Å². The number of rotatable bonds is 5. The van der Waals surface area contributed by atoms with E-state index in [0.717, 1.165) is 5.75 Å². The molecule has 0 aliphatic carbocycles. The number of aromatic nitrogens is 1. The van der Waals surface area contributed by atoms with Crippen LogP contribution in [0.5, 0.6) is 5.75 Å². The third kappa shape index (κ3) is 3.55. The Bertz CT molecular complexity index is 496. The first-order valence-corrected chi connectivity index (χ1v) is 6.50. The van der Waals surface area contributed by atoms with Gasteiger partial charge >= 0.3 is 0 Å². The van der Waals surface area contributed by atoms with Crippen molar-refractivity contribution in [1.82, 2.24) is 10.3 Å². The Balaban J connectivity index is 2.02. The molecule has 0 radical (unpaired) electrons. The second-order valence-corrected chi connectivity index (χ2v) is 4.67. The number of methoxy groups -OCH3 is 1. The van der Waals surface area contributed by atoms with Gasteiger partial charge in [-0.1, -0.05) is 18.2 Å². The molecule has 3 heteroatoms. The summed E-state index contributed by atoms with van der Waals surface area (Å²) in [5, 5.41) is 3.57. The van der Waals surface area contributed by atoms with Gasteiger partial charge in [0.05, 0.1) is 7.11 Å². The molecule has 19 heavy (non-hydrogen) atoms. The fourth-order valence-electron chi connectivity index (χ4n) is 2.09. The normalized spacial score (nSPS) is 13.8. The fourth-order valence-corrected chi connectivity index (χ4v) is 2.09. The number of ether oxygens (including phenoxy) is 1. The maximum absolute atomic E-state index is 5.17. The molecule has 1 aromatic carbocycles. The largest absolute Gasteiger partial charge is 0.497 e. The molecule has 1 unspecified atom stereocenters. The molecule has 2 atom stereocenters. The van der Waals surface area contributed by atoms with Gasteiger partial charge < -0.3 is 10.1 Å². The van der Waals surface area contributed by atoms with Gasteiger partial charge in [0.2, 0.25) is 0 Å². The minimum absolute atomic E-state index is 0.269. The van der Waals surface area contributed by atoms with E-state index in [1.165, 1.54) is 11.1 Å².